The van der Waals surface area contributed by atoms with E-state index in [4.69, 9.17) is 17.3 Å². The largest absolute Gasteiger partial charge is 0.397 e. The van der Waals surface area contributed by atoms with E-state index >= 15 is 0 Å². The van der Waals surface area contributed by atoms with Crippen molar-refractivity contribution in [2.24, 2.45) is 0 Å². The van der Waals surface area contributed by atoms with Crippen LogP contribution in [0, 0.1) is 0 Å². The van der Waals surface area contributed by atoms with Crippen molar-refractivity contribution in [3.8, 4) is 0 Å². The molecule has 0 radical (unpaired) electrons. The number of nitrogens with two attached hydrogens (primary N) is 1. The number of carbonyl (C=O) groups is 2. The van der Waals surface area contributed by atoms with Crippen LogP contribution in [-0.2, 0) is 13.0 Å². The fourth-order valence-electron chi connectivity index (χ4n) is 5.25. The second-order valence-electron chi connectivity index (χ2n) is 9.85. The number of nitrogens with one attached hydrogen (secondary N) is 2. The van der Waals surface area contributed by atoms with Crippen LogP contribution in [0.5, 0.6) is 0 Å². The van der Waals surface area contributed by atoms with Gasteiger partial charge in [0, 0.05) is 56.6 Å². The second-order valence-corrected chi connectivity index (χ2v) is 10.3. The summed E-state index contributed by atoms with van der Waals surface area (Å²) in [6, 6.07) is 11.8. The smallest absolute Gasteiger partial charge is 0.322 e. The van der Waals surface area contributed by atoms with E-state index in [2.05, 4.69) is 40.3 Å². The van der Waals surface area contributed by atoms with Gasteiger partial charge in [-0.2, -0.15) is 0 Å². The van der Waals surface area contributed by atoms with Crippen molar-refractivity contribution >= 4 is 34.9 Å². The minimum atomic E-state index is -0.140. The topological polar surface area (TPSA) is 93.9 Å². The third kappa shape index (κ3) is 6.74. The zero-order valence-electron chi connectivity index (χ0n) is 21.9. The number of likely N-dealkylation sites (tertiary alicyclic amines) is 1. The predicted octanol–water partition coefficient (Wildman–Crippen LogP) is 4.05. The number of urea groups is 1. The number of anilines is 2. The van der Waals surface area contributed by atoms with Crippen molar-refractivity contribution in [3.05, 3.63) is 58.1 Å². The average Bonchev–Trinajstić information content (AvgIpc) is 3.07. The second kappa shape index (κ2) is 12.6. The third-order valence-electron chi connectivity index (χ3n) is 7.62. The summed E-state index contributed by atoms with van der Waals surface area (Å²) in [7, 11) is 0. The van der Waals surface area contributed by atoms with E-state index in [1.54, 1.807) is 6.07 Å². The van der Waals surface area contributed by atoms with Crippen LogP contribution in [0.1, 0.15) is 48.2 Å². The van der Waals surface area contributed by atoms with Gasteiger partial charge in [0.2, 0.25) is 0 Å². The van der Waals surface area contributed by atoms with Gasteiger partial charge in [0.1, 0.15) is 0 Å². The molecule has 1 saturated heterocycles. The summed E-state index contributed by atoms with van der Waals surface area (Å²) in [5.41, 5.74) is 10.2. The quantitative estimate of drug-likeness (QED) is 0.429. The highest BCUT2D eigenvalue weighted by Crippen LogP contribution is 2.27. The maximum absolute atomic E-state index is 12.9. The lowest BCUT2D eigenvalue weighted by Gasteiger charge is -2.38. The van der Waals surface area contributed by atoms with Gasteiger partial charge in [-0.25, -0.2) is 4.79 Å². The summed E-state index contributed by atoms with van der Waals surface area (Å²) in [6.07, 6.45) is 2.73. The minimum absolute atomic E-state index is 0.00168. The van der Waals surface area contributed by atoms with Gasteiger partial charge < -0.3 is 26.2 Å². The van der Waals surface area contributed by atoms with Gasteiger partial charge in [-0.3, -0.25) is 9.69 Å². The molecule has 0 unspecified atom stereocenters. The molecule has 0 aliphatic carbocycles. The molecule has 0 bridgehead atoms. The number of amides is 3. The molecular weight excluding hydrogens is 488 g/mol. The van der Waals surface area contributed by atoms with Crippen molar-refractivity contribution in [1.82, 2.24) is 20.0 Å². The van der Waals surface area contributed by atoms with Crippen LogP contribution in [0.3, 0.4) is 0 Å². The highest BCUT2D eigenvalue weighted by atomic mass is 35.5. The van der Waals surface area contributed by atoms with E-state index in [-0.39, 0.29) is 18.0 Å². The summed E-state index contributed by atoms with van der Waals surface area (Å²) in [5.74, 6) is -0.140. The summed E-state index contributed by atoms with van der Waals surface area (Å²) in [4.78, 5) is 32.3. The molecule has 4 N–H and O–H groups in total. The number of halogens is 1. The first-order valence-electron chi connectivity index (χ1n) is 13.4. The number of hydrogen-bond acceptors (Lipinski definition) is 5. The maximum Gasteiger partial charge on any atom is 0.322 e. The summed E-state index contributed by atoms with van der Waals surface area (Å²) in [6.45, 7) is 10.5. The van der Waals surface area contributed by atoms with Crippen LogP contribution in [0.2, 0.25) is 5.02 Å². The van der Waals surface area contributed by atoms with Crippen LogP contribution >= 0.6 is 11.6 Å². The Morgan fingerprint density at radius 2 is 1.89 bits per heavy atom. The van der Waals surface area contributed by atoms with E-state index in [1.807, 2.05) is 29.2 Å². The molecule has 8 nitrogen and oxygen atoms in total. The Kier molecular flexibility index (Phi) is 9.29. The number of para-hydroxylation sites is 1. The summed E-state index contributed by atoms with van der Waals surface area (Å²) >= 11 is 6.35. The monoisotopic (exact) mass is 526 g/mol. The Balaban J connectivity index is 1.24. The first-order chi connectivity index (χ1) is 17.9. The Hall–Kier alpha value is -2.81. The third-order valence-corrected chi connectivity index (χ3v) is 7.93. The van der Waals surface area contributed by atoms with Gasteiger partial charge in [-0.1, -0.05) is 43.6 Å². The van der Waals surface area contributed by atoms with Crippen molar-refractivity contribution < 1.29 is 9.59 Å². The molecular formula is C28H39ClN6O2. The van der Waals surface area contributed by atoms with Gasteiger partial charge >= 0.3 is 6.03 Å². The molecule has 1 fully saturated rings. The molecule has 9 heteroatoms. The van der Waals surface area contributed by atoms with Gasteiger partial charge in [0.15, 0.2) is 0 Å². The normalized spacial score (nSPS) is 16.9. The lowest BCUT2D eigenvalue weighted by Crippen LogP contribution is -2.49. The van der Waals surface area contributed by atoms with Gasteiger partial charge in [-0.05, 0) is 61.7 Å². The molecule has 3 amide bonds. The highest BCUT2D eigenvalue weighted by molar-refractivity contribution is 6.33. The van der Waals surface area contributed by atoms with E-state index in [0.717, 1.165) is 69.8 Å². The lowest BCUT2D eigenvalue weighted by molar-refractivity contribution is 0.0937. The number of nitrogen functional groups attached to an aromatic ring is 1. The fourth-order valence-corrected chi connectivity index (χ4v) is 5.49. The van der Waals surface area contributed by atoms with Crippen LogP contribution in [0.15, 0.2) is 36.4 Å². The fraction of sp³-hybridized carbons (Fsp3) is 0.500. The minimum Gasteiger partial charge on any atom is -0.397 e. The molecule has 200 valence electrons. The van der Waals surface area contributed by atoms with Crippen LogP contribution in [-0.4, -0.2) is 78.5 Å². The number of hydrogen-bond donors (Lipinski definition) is 3. The molecule has 2 aromatic carbocycles. The van der Waals surface area contributed by atoms with Gasteiger partial charge in [0.05, 0.1) is 10.7 Å². The molecule has 37 heavy (non-hydrogen) atoms. The predicted molar refractivity (Wildman–Crippen MR) is 150 cm³/mol. The van der Waals surface area contributed by atoms with E-state index in [1.165, 1.54) is 5.56 Å². The zero-order chi connectivity index (χ0) is 26.4. The molecule has 2 aliphatic rings. The van der Waals surface area contributed by atoms with Crippen LogP contribution in [0.4, 0.5) is 16.2 Å². The van der Waals surface area contributed by atoms with Crippen molar-refractivity contribution in [2.45, 2.75) is 45.7 Å². The average molecular weight is 527 g/mol. The van der Waals surface area contributed by atoms with E-state index < -0.39 is 0 Å². The van der Waals surface area contributed by atoms with E-state index in [0.29, 0.717) is 29.4 Å². The number of nitrogens with zero attached hydrogens (tertiary/aromatic N) is 3. The van der Waals surface area contributed by atoms with Crippen molar-refractivity contribution in [2.75, 3.05) is 56.9 Å². The first-order valence-corrected chi connectivity index (χ1v) is 13.7. The Labute approximate surface area is 225 Å². The lowest BCUT2D eigenvalue weighted by atomic mass is 10.0. The number of fused-ring (bicyclic) bond motifs is 1. The molecule has 0 aromatic heterocycles. The zero-order valence-corrected chi connectivity index (χ0v) is 22.7. The molecule has 0 spiro atoms. The van der Waals surface area contributed by atoms with Gasteiger partial charge in [0.25, 0.3) is 5.91 Å². The molecule has 0 atom stereocenters. The maximum atomic E-state index is 12.9. The first kappa shape index (κ1) is 27.2. The summed E-state index contributed by atoms with van der Waals surface area (Å²) in [5, 5.41) is 6.53. The SMILES string of the molecule is CCN(CC)Cc1cc(C(=O)NCCN2CCC(N3CCc4ccccc4NC3=O)CC2)cc(Cl)c1N. The molecule has 2 heterocycles. The van der Waals surface area contributed by atoms with Crippen LogP contribution < -0.4 is 16.4 Å². The summed E-state index contributed by atoms with van der Waals surface area (Å²) < 4.78 is 0. The van der Waals surface area contributed by atoms with Crippen molar-refractivity contribution in [1.29, 1.82) is 0 Å². The Morgan fingerprint density at radius 3 is 2.62 bits per heavy atom. The van der Waals surface area contributed by atoms with Crippen LogP contribution in [0.25, 0.3) is 0 Å². The molecule has 0 saturated carbocycles. The highest BCUT2D eigenvalue weighted by Gasteiger charge is 2.29. The van der Waals surface area contributed by atoms with E-state index in [9.17, 15) is 9.59 Å². The number of benzene rings is 2. The molecule has 2 aliphatic heterocycles. The Morgan fingerprint density at radius 1 is 1.16 bits per heavy atom. The Bertz CT molecular complexity index is 1100. The van der Waals surface area contributed by atoms with Gasteiger partial charge in [-0.15, -0.1) is 0 Å². The number of carbonyl (C=O) groups excluding carboxylic acids is 2. The standard InChI is InChI=1S/C28H39ClN6O2/c1-3-33(4-2)19-22-17-21(18-24(29)26(22)30)27(36)31-12-16-34-13-10-23(11-14-34)35-15-9-20-7-5-6-8-25(20)32-28(35)37/h5-8,17-18,23H,3-4,9-16,19,30H2,1-2H3,(H,31,36)(H,32,37). The number of rotatable bonds is 9. The molecule has 4 rings (SSSR count). The number of piperidine rings is 1. The van der Waals surface area contributed by atoms with Crippen molar-refractivity contribution in [3.63, 3.8) is 0 Å². The molecule has 2 aromatic rings.